The summed E-state index contributed by atoms with van der Waals surface area (Å²) in [7, 11) is 0. The number of aromatic nitrogens is 1. The number of amides is 1. The largest absolute Gasteiger partial charge is 0.397 e. The molecule has 6 heteroatoms. The van der Waals surface area contributed by atoms with Crippen LogP contribution in [0.3, 0.4) is 0 Å². The molecule has 2 rings (SSSR count). The zero-order valence-electron chi connectivity index (χ0n) is 9.39. The van der Waals surface area contributed by atoms with Crippen molar-refractivity contribution >= 4 is 17.4 Å². The highest BCUT2D eigenvalue weighted by Gasteiger charge is 2.29. The average molecular weight is 236 g/mol. The van der Waals surface area contributed by atoms with Gasteiger partial charge in [-0.25, -0.2) is 4.98 Å². The van der Waals surface area contributed by atoms with E-state index in [0.717, 1.165) is 12.8 Å². The van der Waals surface area contributed by atoms with Crippen LogP contribution >= 0.6 is 0 Å². The highest BCUT2D eigenvalue weighted by atomic mass is 16.3. The minimum Gasteiger partial charge on any atom is -0.397 e. The van der Waals surface area contributed by atoms with E-state index >= 15 is 0 Å². The van der Waals surface area contributed by atoms with Gasteiger partial charge >= 0.3 is 0 Å². The van der Waals surface area contributed by atoms with Crippen LogP contribution in [0, 0.1) is 5.92 Å². The maximum absolute atomic E-state index is 11.2. The van der Waals surface area contributed by atoms with Crippen LogP contribution in [0.5, 0.6) is 0 Å². The van der Waals surface area contributed by atoms with Gasteiger partial charge in [-0.2, -0.15) is 0 Å². The standard InChI is InChI=1S/C11H16N4O2/c12-7-3-8(10(13)17)11(14-4-7)15-5-9(16)6-1-2-6/h3-4,6,9,16H,1-2,5,12H2,(H2,13,17)(H,14,15). The van der Waals surface area contributed by atoms with Gasteiger partial charge in [-0.05, 0) is 24.8 Å². The van der Waals surface area contributed by atoms with Crippen molar-refractivity contribution in [2.45, 2.75) is 18.9 Å². The predicted octanol–water partition coefficient (Wildman–Crippen LogP) is -0.0545. The molecule has 17 heavy (non-hydrogen) atoms. The molecule has 6 N–H and O–H groups in total. The number of aliphatic hydroxyl groups is 1. The van der Waals surface area contributed by atoms with Crippen LogP contribution in [0.15, 0.2) is 12.3 Å². The molecule has 0 aromatic carbocycles. The number of carbonyl (C=O) groups is 1. The Bertz CT molecular complexity index is 431. The molecule has 1 aromatic rings. The van der Waals surface area contributed by atoms with E-state index < -0.39 is 12.0 Å². The number of nitrogens with two attached hydrogens (primary N) is 2. The summed E-state index contributed by atoms with van der Waals surface area (Å²) < 4.78 is 0. The van der Waals surface area contributed by atoms with Crippen LogP contribution in [0.25, 0.3) is 0 Å². The molecule has 0 radical (unpaired) electrons. The molecule has 1 unspecified atom stereocenters. The zero-order chi connectivity index (χ0) is 12.4. The van der Waals surface area contributed by atoms with E-state index in [1.54, 1.807) is 0 Å². The van der Waals surface area contributed by atoms with E-state index in [1.165, 1.54) is 12.3 Å². The van der Waals surface area contributed by atoms with Crippen molar-refractivity contribution in [1.29, 1.82) is 0 Å². The summed E-state index contributed by atoms with van der Waals surface area (Å²) in [6.45, 7) is 0.363. The summed E-state index contributed by atoms with van der Waals surface area (Å²) in [6, 6.07) is 1.47. The lowest BCUT2D eigenvalue weighted by atomic mass is 10.2. The highest BCUT2D eigenvalue weighted by molar-refractivity contribution is 5.98. The number of pyridine rings is 1. The molecule has 1 aliphatic carbocycles. The first-order chi connectivity index (χ1) is 8.08. The molecular formula is C11H16N4O2. The van der Waals surface area contributed by atoms with Gasteiger partial charge in [0, 0.05) is 6.54 Å². The number of nitrogens with zero attached hydrogens (tertiary/aromatic N) is 1. The van der Waals surface area contributed by atoms with E-state index in [9.17, 15) is 9.90 Å². The van der Waals surface area contributed by atoms with Gasteiger partial charge in [-0.15, -0.1) is 0 Å². The van der Waals surface area contributed by atoms with Gasteiger partial charge in [0.1, 0.15) is 5.82 Å². The molecule has 0 saturated heterocycles. The first kappa shape index (κ1) is 11.7. The summed E-state index contributed by atoms with van der Waals surface area (Å²) in [4.78, 5) is 15.2. The fraction of sp³-hybridized carbons (Fsp3) is 0.455. The van der Waals surface area contributed by atoms with Gasteiger partial charge in [0.2, 0.25) is 0 Å². The van der Waals surface area contributed by atoms with Crippen LogP contribution in [0.2, 0.25) is 0 Å². The van der Waals surface area contributed by atoms with E-state index in [2.05, 4.69) is 10.3 Å². The maximum atomic E-state index is 11.2. The molecular weight excluding hydrogens is 220 g/mol. The van der Waals surface area contributed by atoms with Crippen LogP contribution < -0.4 is 16.8 Å². The number of carbonyl (C=O) groups excluding carboxylic acids is 1. The van der Waals surface area contributed by atoms with Crippen molar-refractivity contribution in [2.75, 3.05) is 17.6 Å². The predicted molar refractivity (Wildman–Crippen MR) is 64.4 cm³/mol. The molecule has 1 aromatic heterocycles. The van der Waals surface area contributed by atoms with Crippen LogP contribution in [-0.2, 0) is 0 Å². The Morgan fingerprint density at radius 2 is 2.35 bits per heavy atom. The van der Waals surface area contributed by atoms with Crippen LogP contribution in [0.4, 0.5) is 11.5 Å². The molecule has 1 fully saturated rings. The van der Waals surface area contributed by atoms with Gasteiger partial charge in [-0.1, -0.05) is 0 Å². The minimum absolute atomic E-state index is 0.244. The molecule has 1 saturated carbocycles. The second-order valence-electron chi connectivity index (χ2n) is 4.31. The van der Waals surface area contributed by atoms with Crippen molar-refractivity contribution in [3.63, 3.8) is 0 Å². The third kappa shape index (κ3) is 2.85. The van der Waals surface area contributed by atoms with E-state index in [4.69, 9.17) is 11.5 Å². The molecule has 1 amide bonds. The maximum Gasteiger partial charge on any atom is 0.252 e. The van der Waals surface area contributed by atoms with Crippen LogP contribution in [0.1, 0.15) is 23.2 Å². The smallest absolute Gasteiger partial charge is 0.252 e. The molecule has 92 valence electrons. The van der Waals surface area contributed by atoms with Crippen molar-refractivity contribution in [3.05, 3.63) is 17.8 Å². The number of aliphatic hydroxyl groups excluding tert-OH is 1. The Kier molecular flexibility index (Phi) is 3.14. The van der Waals surface area contributed by atoms with E-state index in [-0.39, 0.29) is 5.56 Å². The molecule has 1 aliphatic rings. The molecule has 6 nitrogen and oxygen atoms in total. The Morgan fingerprint density at radius 1 is 1.65 bits per heavy atom. The van der Waals surface area contributed by atoms with Crippen molar-refractivity contribution < 1.29 is 9.90 Å². The van der Waals surface area contributed by atoms with E-state index in [1.807, 2.05) is 0 Å². The quantitative estimate of drug-likeness (QED) is 0.572. The van der Waals surface area contributed by atoms with Gasteiger partial charge in [0.25, 0.3) is 5.91 Å². The first-order valence-electron chi connectivity index (χ1n) is 5.55. The lowest BCUT2D eigenvalue weighted by Gasteiger charge is -2.13. The lowest BCUT2D eigenvalue weighted by molar-refractivity contribution is 0.100. The Labute approximate surface area is 99.0 Å². The number of hydrogen-bond donors (Lipinski definition) is 4. The van der Waals surface area contributed by atoms with Crippen molar-refractivity contribution in [2.24, 2.45) is 11.7 Å². The number of primary amides is 1. The molecule has 0 spiro atoms. The van der Waals surface area contributed by atoms with Crippen LogP contribution in [-0.4, -0.2) is 28.6 Å². The van der Waals surface area contributed by atoms with Gasteiger partial charge < -0.3 is 21.9 Å². The number of anilines is 2. The normalized spacial score (nSPS) is 16.5. The number of rotatable bonds is 5. The molecule has 0 aliphatic heterocycles. The third-order valence-corrected chi connectivity index (χ3v) is 2.82. The fourth-order valence-corrected chi connectivity index (χ4v) is 1.66. The zero-order valence-corrected chi connectivity index (χ0v) is 9.39. The Hall–Kier alpha value is -1.82. The second-order valence-corrected chi connectivity index (χ2v) is 4.31. The first-order valence-corrected chi connectivity index (χ1v) is 5.55. The lowest BCUT2D eigenvalue weighted by Crippen LogP contribution is -2.24. The summed E-state index contributed by atoms with van der Waals surface area (Å²) in [5.74, 6) is 0.146. The molecule has 0 bridgehead atoms. The number of hydrogen-bond acceptors (Lipinski definition) is 5. The summed E-state index contributed by atoms with van der Waals surface area (Å²) in [6.07, 6.45) is 3.15. The minimum atomic E-state index is -0.590. The molecule has 1 heterocycles. The Morgan fingerprint density at radius 3 is 2.94 bits per heavy atom. The Balaban J connectivity index is 2.06. The number of nitrogen functional groups attached to an aromatic ring is 1. The summed E-state index contributed by atoms with van der Waals surface area (Å²) >= 11 is 0. The highest BCUT2D eigenvalue weighted by Crippen LogP contribution is 2.32. The summed E-state index contributed by atoms with van der Waals surface area (Å²) in [5.41, 5.74) is 11.4. The van der Waals surface area contributed by atoms with Gasteiger partial charge in [0.05, 0.1) is 23.6 Å². The van der Waals surface area contributed by atoms with Crippen molar-refractivity contribution in [3.8, 4) is 0 Å². The topological polar surface area (TPSA) is 114 Å². The van der Waals surface area contributed by atoms with Gasteiger partial charge in [0.15, 0.2) is 0 Å². The average Bonchev–Trinajstić information content (AvgIpc) is 3.10. The summed E-state index contributed by atoms with van der Waals surface area (Å²) in [5, 5.41) is 12.6. The van der Waals surface area contributed by atoms with E-state index in [0.29, 0.717) is 24.0 Å². The number of nitrogens with one attached hydrogen (secondary N) is 1. The van der Waals surface area contributed by atoms with Crippen molar-refractivity contribution in [1.82, 2.24) is 4.98 Å². The second kappa shape index (κ2) is 4.58. The monoisotopic (exact) mass is 236 g/mol. The fourth-order valence-electron chi connectivity index (χ4n) is 1.66. The van der Waals surface area contributed by atoms with Gasteiger partial charge in [-0.3, -0.25) is 4.79 Å². The SMILES string of the molecule is NC(=O)c1cc(N)cnc1NCC(O)C1CC1. The third-order valence-electron chi connectivity index (χ3n) is 2.82. The molecule has 1 atom stereocenters.